The van der Waals surface area contributed by atoms with Crippen LogP contribution >= 0.6 is 0 Å². The van der Waals surface area contributed by atoms with E-state index < -0.39 is 0 Å². The second kappa shape index (κ2) is 7.18. The molecule has 0 fully saturated rings. The van der Waals surface area contributed by atoms with Gasteiger partial charge in [-0.3, -0.25) is 4.98 Å². The van der Waals surface area contributed by atoms with Crippen LogP contribution in [0.25, 0.3) is 0 Å². The molecule has 0 aliphatic carbocycles. The minimum absolute atomic E-state index is 0.263. The average Bonchev–Trinajstić information content (AvgIpc) is 2.44. The Bertz CT molecular complexity index is 582. The number of hydrogen-bond acceptors (Lipinski definition) is 3. The Kier molecular flexibility index (Phi) is 5.28. The first kappa shape index (κ1) is 15.4. The van der Waals surface area contributed by atoms with Crippen LogP contribution in [0.5, 0.6) is 11.5 Å². The molecule has 0 aliphatic heterocycles. The van der Waals surface area contributed by atoms with E-state index >= 15 is 0 Å². The van der Waals surface area contributed by atoms with Crippen molar-refractivity contribution in [3.63, 3.8) is 0 Å². The van der Waals surface area contributed by atoms with Gasteiger partial charge in [0.25, 0.3) is 0 Å². The predicted molar refractivity (Wildman–Crippen MR) is 82.0 cm³/mol. The van der Waals surface area contributed by atoms with E-state index in [4.69, 9.17) is 4.74 Å². The van der Waals surface area contributed by atoms with Crippen LogP contribution < -0.4 is 10.1 Å². The van der Waals surface area contributed by atoms with Gasteiger partial charge in [-0.25, -0.2) is 4.39 Å². The fourth-order valence-corrected chi connectivity index (χ4v) is 1.93. The van der Waals surface area contributed by atoms with Crippen molar-refractivity contribution >= 4 is 0 Å². The first-order valence-corrected chi connectivity index (χ1v) is 7.15. The summed E-state index contributed by atoms with van der Waals surface area (Å²) in [4.78, 5) is 4.16. The number of para-hydroxylation sites is 1. The van der Waals surface area contributed by atoms with Crippen LogP contribution in [0.4, 0.5) is 4.39 Å². The largest absolute Gasteiger partial charge is 0.452 e. The van der Waals surface area contributed by atoms with E-state index in [2.05, 4.69) is 24.1 Å². The summed E-state index contributed by atoms with van der Waals surface area (Å²) in [5.74, 6) is 0.985. The molecule has 1 aromatic heterocycles. The van der Waals surface area contributed by atoms with Crippen molar-refractivity contribution in [1.82, 2.24) is 10.3 Å². The highest BCUT2D eigenvalue weighted by Crippen LogP contribution is 2.28. The van der Waals surface area contributed by atoms with Crippen LogP contribution in [-0.4, -0.2) is 11.5 Å². The lowest BCUT2D eigenvalue weighted by Crippen LogP contribution is -2.19. The number of aryl methyl sites for hydroxylation is 1. The lowest BCUT2D eigenvalue weighted by Gasteiger charge is -2.13. The van der Waals surface area contributed by atoms with Gasteiger partial charge in [-0.2, -0.15) is 0 Å². The molecule has 1 aromatic carbocycles. The fourth-order valence-electron chi connectivity index (χ4n) is 1.93. The number of pyridine rings is 1. The summed E-state index contributed by atoms with van der Waals surface area (Å²) in [6, 6.07) is 8.60. The maximum absolute atomic E-state index is 14.0. The molecule has 21 heavy (non-hydrogen) atoms. The van der Waals surface area contributed by atoms with Crippen LogP contribution in [0.1, 0.15) is 25.1 Å². The Morgan fingerprint density at radius 2 is 2.05 bits per heavy atom. The van der Waals surface area contributed by atoms with Crippen molar-refractivity contribution < 1.29 is 9.13 Å². The van der Waals surface area contributed by atoms with Crippen molar-refractivity contribution in [2.24, 2.45) is 5.92 Å². The SMILES string of the molecule is Cc1ccc(Oc2c(F)cccc2CNCC(C)C)cn1. The van der Waals surface area contributed by atoms with Gasteiger partial charge in [0.1, 0.15) is 5.75 Å². The standard InChI is InChI=1S/C17H21FN2O/c1-12(2)9-19-10-14-5-4-6-16(18)17(14)21-15-8-7-13(3)20-11-15/h4-8,11-12,19H,9-10H2,1-3H3. The third kappa shape index (κ3) is 4.53. The average molecular weight is 288 g/mol. The molecule has 0 radical (unpaired) electrons. The molecular weight excluding hydrogens is 267 g/mol. The second-order valence-electron chi connectivity index (χ2n) is 5.49. The van der Waals surface area contributed by atoms with E-state index in [0.29, 0.717) is 18.2 Å². The molecule has 2 rings (SSSR count). The number of nitrogens with zero attached hydrogens (tertiary/aromatic N) is 1. The van der Waals surface area contributed by atoms with Crippen molar-refractivity contribution in [1.29, 1.82) is 0 Å². The first-order chi connectivity index (χ1) is 10.1. The minimum atomic E-state index is -0.362. The maximum atomic E-state index is 14.0. The Balaban J connectivity index is 2.15. The molecule has 0 amide bonds. The molecule has 112 valence electrons. The second-order valence-corrected chi connectivity index (χ2v) is 5.49. The summed E-state index contributed by atoms with van der Waals surface area (Å²) in [5.41, 5.74) is 1.70. The van der Waals surface area contributed by atoms with E-state index in [-0.39, 0.29) is 11.6 Å². The zero-order valence-electron chi connectivity index (χ0n) is 12.7. The fraction of sp³-hybridized carbons (Fsp3) is 0.353. The highest BCUT2D eigenvalue weighted by Gasteiger charge is 2.11. The summed E-state index contributed by atoms with van der Waals surface area (Å²) in [6.07, 6.45) is 1.60. The van der Waals surface area contributed by atoms with Crippen LogP contribution in [0.2, 0.25) is 0 Å². The Morgan fingerprint density at radius 1 is 1.24 bits per heavy atom. The Hall–Kier alpha value is -1.94. The van der Waals surface area contributed by atoms with Crippen LogP contribution in [0.15, 0.2) is 36.5 Å². The molecule has 0 saturated heterocycles. The molecule has 0 aliphatic rings. The molecular formula is C17H21FN2O. The lowest BCUT2D eigenvalue weighted by atomic mass is 10.1. The smallest absolute Gasteiger partial charge is 0.167 e. The lowest BCUT2D eigenvalue weighted by molar-refractivity contribution is 0.430. The zero-order chi connectivity index (χ0) is 15.2. The summed E-state index contributed by atoms with van der Waals surface area (Å²) < 4.78 is 19.7. The van der Waals surface area contributed by atoms with Gasteiger partial charge in [0, 0.05) is 17.8 Å². The van der Waals surface area contributed by atoms with Gasteiger partial charge in [-0.05, 0) is 37.6 Å². The molecule has 0 saturated carbocycles. The molecule has 2 aromatic rings. The van der Waals surface area contributed by atoms with Crippen LogP contribution in [0.3, 0.4) is 0 Å². The molecule has 3 nitrogen and oxygen atoms in total. The van der Waals surface area contributed by atoms with Gasteiger partial charge in [0.05, 0.1) is 6.20 Å². The number of hydrogen-bond donors (Lipinski definition) is 1. The number of rotatable bonds is 6. The Labute approximate surface area is 125 Å². The van der Waals surface area contributed by atoms with Crippen LogP contribution in [0, 0.1) is 18.7 Å². The highest BCUT2D eigenvalue weighted by molar-refractivity contribution is 5.38. The molecule has 0 bridgehead atoms. The van der Waals surface area contributed by atoms with E-state index in [1.165, 1.54) is 6.07 Å². The van der Waals surface area contributed by atoms with Gasteiger partial charge in [0.15, 0.2) is 11.6 Å². The summed E-state index contributed by atoms with van der Waals surface area (Å²) >= 11 is 0. The number of nitrogens with one attached hydrogen (secondary N) is 1. The van der Waals surface area contributed by atoms with Crippen molar-refractivity contribution in [2.75, 3.05) is 6.54 Å². The monoisotopic (exact) mass is 288 g/mol. The van der Waals surface area contributed by atoms with Crippen LogP contribution in [-0.2, 0) is 6.54 Å². The number of ether oxygens (including phenoxy) is 1. The number of aromatic nitrogens is 1. The highest BCUT2D eigenvalue weighted by atomic mass is 19.1. The van der Waals surface area contributed by atoms with E-state index in [1.807, 2.05) is 19.1 Å². The van der Waals surface area contributed by atoms with Gasteiger partial charge in [0.2, 0.25) is 0 Å². The van der Waals surface area contributed by atoms with Crippen molar-refractivity contribution in [2.45, 2.75) is 27.3 Å². The summed E-state index contributed by atoms with van der Waals surface area (Å²) in [5, 5.41) is 3.30. The zero-order valence-corrected chi connectivity index (χ0v) is 12.7. The topological polar surface area (TPSA) is 34.1 Å². The molecule has 0 spiro atoms. The third-order valence-electron chi connectivity index (χ3n) is 3.02. The van der Waals surface area contributed by atoms with Gasteiger partial charge in [-0.15, -0.1) is 0 Å². The molecule has 1 heterocycles. The molecule has 1 N–H and O–H groups in total. The van der Waals surface area contributed by atoms with E-state index in [1.54, 1.807) is 18.3 Å². The molecule has 0 unspecified atom stereocenters. The summed E-state index contributed by atoms with van der Waals surface area (Å²) in [7, 11) is 0. The quantitative estimate of drug-likeness (QED) is 0.870. The summed E-state index contributed by atoms with van der Waals surface area (Å²) in [6.45, 7) is 7.61. The normalized spacial score (nSPS) is 10.9. The van der Waals surface area contributed by atoms with E-state index in [0.717, 1.165) is 17.8 Å². The van der Waals surface area contributed by atoms with Gasteiger partial charge < -0.3 is 10.1 Å². The van der Waals surface area contributed by atoms with Gasteiger partial charge >= 0.3 is 0 Å². The Morgan fingerprint density at radius 3 is 2.71 bits per heavy atom. The number of benzene rings is 1. The maximum Gasteiger partial charge on any atom is 0.167 e. The molecule has 0 atom stereocenters. The minimum Gasteiger partial charge on any atom is -0.452 e. The van der Waals surface area contributed by atoms with Crippen molar-refractivity contribution in [3.8, 4) is 11.5 Å². The van der Waals surface area contributed by atoms with Gasteiger partial charge in [-0.1, -0.05) is 26.0 Å². The van der Waals surface area contributed by atoms with E-state index in [9.17, 15) is 4.39 Å². The number of halogens is 1. The third-order valence-corrected chi connectivity index (χ3v) is 3.02. The predicted octanol–water partition coefficient (Wildman–Crippen LogP) is 4.07. The first-order valence-electron chi connectivity index (χ1n) is 7.15. The van der Waals surface area contributed by atoms with Crippen molar-refractivity contribution in [3.05, 3.63) is 53.6 Å². The molecule has 4 heteroatoms.